The molecule has 0 aliphatic rings. The predicted molar refractivity (Wildman–Crippen MR) is 110 cm³/mol. The number of nitrogens with two attached hydrogens (primary N) is 1. The molecule has 0 saturated carbocycles. The summed E-state index contributed by atoms with van der Waals surface area (Å²) in [6.45, 7) is 4.26. The monoisotopic (exact) mass is 407 g/mol. The minimum absolute atomic E-state index is 0.0757. The molecular formula is C17H30BN7O4. The molecule has 0 radical (unpaired) electrons. The third kappa shape index (κ3) is 9.35. The van der Waals surface area contributed by atoms with Gasteiger partial charge in [0.05, 0.1) is 12.1 Å². The average Bonchev–Trinajstić information content (AvgIpc) is 2.69. The first kappa shape index (κ1) is 24.3. The number of rotatable bonds is 11. The van der Waals surface area contributed by atoms with Gasteiger partial charge in [0.1, 0.15) is 11.7 Å². The van der Waals surface area contributed by atoms with E-state index >= 15 is 0 Å². The summed E-state index contributed by atoms with van der Waals surface area (Å²) in [6.07, 6.45) is 5.28. The highest BCUT2D eigenvalue weighted by Gasteiger charge is 2.30. The molecule has 0 unspecified atom stereocenters. The van der Waals surface area contributed by atoms with Crippen LogP contribution in [0.25, 0.3) is 0 Å². The van der Waals surface area contributed by atoms with Crippen molar-refractivity contribution in [2.24, 2.45) is 16.6 Å². The Morgan fingerprint density at radius 1 is 1.28 bits per heavy atom. The van der Waals surface area contributed by atoms with E-state index in [-0.39, 0.29) is 24.0 Å². The van der Waals surface area contributed by atoms with E-state index in [0.29, 0.717) is 19.4 Å². The molecule has 0 aliphatic heterocycles. The van der Waals surface area contributed by atoms with Crippen LogP contribution in [0.1, 0.15) is 43.6 Å². The van der Waals surface area contributed by atoms with Gasteiger partial charge in [-0.05, 0) is 25.2 Å². The van der Waals surface area contributed by atoms with Crippen LogP contribution in [-0.2, 0) is 4.79 Å². The molecule has 11 nitrogen and oxygen atoms in total. The van der Waals surface area contributed by atoms with Gasteiger partial charge in [0.25, 0.3) is 5.91 Å². The van der Waals surface area contributed by atoms with E-state index in [1.807, 2.05) is 13.8 Å². The quantitative estimate of drug-likeness (QED) is 0.110. The van der Waals surface area contributed by atoms with Gasteiger partial charge in [-0.3, -0.25) is 19.6 Å². The van der Waals surface area contributed by atoms with Crippen LogP contribution >= 0.6 is 0 Å². The minimum atomic E-state index is -1.71. The fourth-order valence-electron chi connectivity index (χ4n) is 2.57. The van der Waals surface area contributed by atoms with Crippen molar-refractivity contribution < 1.29 is 19.6 Å². The number of aliphatic imine (C=N–C) groups is 1. The molecule has 0 bridgehead atoms. The molecule has 0 aliphatic carbocycles. The number of guanidine groups is 1. The zero-order valence-corrected chi connectivity index (χ0v) is 17.0. The molecule has 0 saturated heterocycles. The van der Waals surface area contributed by atoms with Crippen LogP contribution in [0.2, 0.25) is 0 Å². The van der Waals surface area contributed by atoms with E-state index in [0.717, 1.165) is 0 Å². The number of nitrogens with one attached hydrogen (secondary N) is 3. The van der Waals surface area contributed by atoms with Gasteiger partial charge < -0.3 is 31.7 Å². The highest BCUT2D eigenvalue weighted by molar-refractivity contribution is 6.43. The molecule has 1 rings (SSSR count). The van der Waals surface area contributed by atoms with Gasteiger partial charge in [-0.2, -0.15) is 0 Å². The van der Waals surface area contributed by atoms with E-state index in [1.54, 1.807) is 7.05 Å². The normalized spacial score (nSPS) is 13.5. The third-order valence-corrected chi connectivity index (χ3v) is 4.05. The first-order valence-electron chi connectivity index (χ1n) is 9.44. The van der Waals surface area contributed by atoms with Crippen LogP contribution in [0.4, 0.5) is 0 Å². The lowest BCUT2D eigenvalue weighted by atomic mass is 9.75. The number of nitrogens with zero attached hydrogens (tertiary/aromatic N) is 3. The Kier molecular flexibility index (Phi) is 10.6. The van der Waals surface area contributed by atoms with Gasteiger partial charge in [-0.15, -0.1) is 0 Å². The first-order chi connectivity index (χ1) is 13.7. The third-order valence-electron chi connectivity index (χ3n) is 4.05. The SMILES string of the molecule is CN=C(N)NCCC[C@H](NC(=O)c1cnccn1)C(=O)N[C@@H](CC(C)C)B(O)O. The summed E-state index contributed by atoms with van der Waals surface area (Å²) in [5, 5.41) is 27.2. The summed E-state index contributed by atoms with van der Waals surface area (Å²) in [5.74, 6) is -1.51. The maximum absolute atomic E-state index is 12.7. The molecule has 2 amide bonds. The average molecular weight is 407 g/mol. The number of amides is 2. The topological polar surface area (TPSA) is 175 Å². The van der Waals surface area contributed by atoms with Gasteiger partial charge in [-0.1, -0.05) is 13.8 Å². The number of carbonyl (C=O) groups is 2. The zero-order valence-electron chi connectivity index (χ0n) is 17.0. The molecule has 160 valence electrons. The highest BCUT2D eigenvalue weighted by atomic mass is 16.4. The Bertz CT molecular complexity index is 673. The molecule has 1 heterocycles. The first-order valence-corrected chi connectivity index (χ1v) is 9.44. The molecule has 0 spiro atoms. The summed E-state index contributed by atoms with van der Waals surface area (Å²) in [6, 6.07) is -0.903. The fraction of sp³-hybridized carbons (Fsp3) is 0.588. The maximum atomic E-state index is 12.7. The van der Waals surface area contributed by atoms with E-state index in [1.165, 1.54) is 18.6 Å². The van der Waals surface area contributed by atoms with E-state index in [4.69, 9.17) is 5.73 Å². The summed E-state index contributed by atoms with van der Waals surface area (Å²) >= 11 is 0. The smallest absolute Gasteiger partial charge is 0.426 e. The molecule has 0 fully saturated rings. The number of aromatic nitrogens is 2. The number of carbonyl (C=O) groups excluding carboxylic acids is 2. The van der Waals surface area contributed by atoms with Gasteiger partial charge in [0.15, 0.2) is 5.96 Å². The van der Waals surface area contributed by atoms with Crippen molar-refractivity contribution in [1.82, 2.24) is 25.9 Å². The van der Waals surface area contributed by atoms with Crippen molar-refractivity contribution in [1.29, 1.82) is 0 Å². The van der Waals surface area contributed by atoms with Crippen molar-refractivity contribution in [3.63, 3.8) is 0 Å². The van der Waals surface area contributed by atoms with Crippen LogP contribution in [0, 0.1) is 5.92 Å². The fourth-order valence-corrected chi connectivity index (χ4v) is 2.57. The molecule has 1 aromatic rings. The second-order valence-electron chi connectivity index (χ2n) is 6.95. The van der Waals surface area contributed by atoms with Crippen molar-refractivity contribution in [2.75, 3.05) is 13.6 Å². The van der Waals surface area contributed by atoms with E-state index < -0.39 is 30.9 Å². The van der Waals surface area contributed by atoms with Gasteiger partial charge in [-0.25, -0.2) is 4.98 Å². The summed E-state index contributed by atoms with van der Waals surface area (Å²) in [5.41, 5.74) is 5.65. The Morgan fingerprint density at radius 3 is 2.55 bits per heavy atom. The Hall–Kier alpha value is -2.73. The Morgan fingerprint density at radius 2 is 2.00 bits per heavy atom. The summed E-state index contributed by atoms with van der Waals surface area (Å²) in [4.78, 5) is 36.7. The number of hydrogen-bond acceptors (Lipinski definition) is 7. The second-order valence-corrected chi connectivity index (χ2v) is 6.95. The molecular weight excluding hydrogens is 377 g/mol. The van der Waals surface area contributed by atoms with E-state index in [2.05, 4.69) is 30.9 Å². The van der Waals surface area contributed by atoms with Crippen LogP contribution in [0.5, 0.6) is 0 Å². The lowest BCUT2D eigenvalue weighted by molar-refractivity contribution is -0.123. The van der Waals surface area contributed by atoms with Crippen molar-refractivity contribution in [3.05, 3.63) is 24.3 Å². The largest absolute Gasteiger partial charge is 0.475 e. The maximum Gasteiger partial charge on any atom is 0.475 e. The molecule has 12 heteroatoms. The lowest BCUT2D eigenvalue weighted by Crippen LogP contribution is -2.54. The van der Waals surface area contributed by atoms with Crippen molar-refractivity contribution in [2.45, 2.75) is 45.1 Å². The summed E-state index contributed by atoms with van der Waals surface area (Å²) < 4.78 is 0. The standard InChI is InChI=1S/C17H30BN7O4/c1-11(2)9-14(18(28)29)25-15(26)12(5-4-6-23-17(19)20-3)24-16(27)13-10-21-7-8-22-13/h7-8,10-12,14,28-29H,4-6,9H2,1-3H3,(H,24,27)(H,25,26)(H3,19,20,23)/t12-,14-/m0/s1. The van der Waals surface area contributed by atoms with Crippen molar-refractivity contribution >= 4 is 24.9 Å². The van der Waals surface area contributed by atoms with Crippen LogP contribution in [0.15, 0.2) is 23.6 Å². The van der Waals surface area contributed by atoms with Gasteiger partial charge >= 0.3 is 7.12 Å². The van der Waals surface area contributed by atoms with Gasteiger partial charge in [0, 0.05) is 26.0 Å². The molecule has 1 aromatic heterocycles. The molecule has 7 N–H and O–H groups in total. The molecule has 2 atom stereocenters. The lowest BCUT2D eigenvalue weighted by Gasteiger charge is -2.24. The van der Waals surface area contributed by atoms with Gasteiger partial charge in [0.2, 0.25) is 5.91 Å². The minimum Gasteiger partial charge on any atom is -0.426 e. The summed E-state index contributed by atoms with van der Waals surface area (Å²) in [7, 11) is -0.158. The highest BCUT2D eigenvalue weighted by Crippen LogP contribution is 2.07. The van der Waals surface area contributed by atoms with Crippen LogP contribution in [0.3, 0.4) is 0 Å². The van der Waals surface area contributed by atoms with Crippen LogP contribution < -0.4 is 21.7 Å². The van der Waals surface area contributed by atoms with E-state index in [9.17, 15) is 19.6 Å². The Labute approximate surface area is 170 Å². The van der Waals surface area contributed by atoms with Crippen molar-refractivity contribution in [3.8, 4) is 0 Å². The molecule has 29 heavy (non-hydrogen) atoms. The number of hydrogen-bond donors (Lipinski definition) is 6. The molecule has 0 aromatic carbocycles. The van der Waals surface area contributed by atoms with Crippen LogP contribution in [-0.4, -0.2) is 70.5 Å². The predicted octanol–water partition coefficient (Wildman–Crippen LogP) is -1.57. The zero-order chi connectivity index (χ0) is 21.8. The Balaban J connectivity index is 2.81. The second kappa shape index (κ2) is 12.7.